The number of thioether (sulfide) groups is 2. The molecule has 0 saturated heterocycles. The molecule has 4 nitrogen and oxygen atoms in total. The van der Waals surface area contributed by atoms with Crippen molar-refractivity contribution in [2.75, 3.05) is 0 Å². The van der Waals surface area contributed by atoms with E-state index in [4.69, 9.17) is 0 Å². The Morgan fingerprint density at radius 1 is 1.29 bits per heavy atom. The number of thiophene rings is 1. The van der Waals surface area contributed by atoms with Crippen molar-refractivity contribution in [3.8, 4) is 0 Å². The molecule has 0 spiro atoms. The Labute approximate surface area is 151 Å². The molecule has 7 heteroatoms. The molecule has 24 heavy (non-hydrogen) atoms. The van der Waals surface area contributed by atoms with Gasteiger partial charge < -0.3 is 4.98 Å². The Morgan fingerprint density at radius 3 is 3.00 bits per heavy atom. The van der Waals surface area contributed by atoms with Gasteiger partial charge in [0.1, 0.15) is 15.0 Å². The summed E-state index contributed by atoms with van der Waals surface area (Å²) in [5.41, 5.74) is 3.30. The van der Waals surface area contributed by atoms with Crippen LogP contribution in [-0.4, -0.2) is 14.3 Å². The molecule has 0 bridgehead atoms. The van der Waals surface area contributed by atoms with E-state index in [1.807, 2.05) is 32.0 Å². The fraction of sp³-hybridized carbons (Fsp3) is 0.235. The molecule has 1 aliphatic heterocycles. The predicted molar refractivity (Wildman–Crippen MR) is 106 cm³/mol. The van der Waals surface area contributed by atoms with Gasteiger partial charge >= 0.3 is 0 Å². The number of aryl methyl sites for hydroxylation is 2. The molecule has 1 aliphatic rings. The highest BCUT2D eigenvalue weighted by Crippen LogP contribution is 2.35. The van der Waals surface area contributed by atoms with Gasteiger partial charge in [-0.05, 0) is 31.0 Å². The van der Waals surface area contributed by atoms with E-state index in [2.05, 4.69) is 21.0 Å². The average Bonchev–Trinajstić information content (AvgIpc) is 2.87. The molecule has 0 fully saturated rings. The number of aromatic nitrogens is 2. The molecule has 1 aromatic carbocycles. The molecule has 0 saturated carbocycles. The lowest BCUT2D eigenvalue weighted by molar-refractivity contribution is 1.05. The van der Waals surface area contributed by atoms with Crippen LogP contribution in [-0.2, 0) is 11.5 Å². The zero-order valence-electron chi connectivity index (χ0n) is 13.3. The maximum absolute atomic E-state index is 12.3. The summed E-state index contributed by atoms with van der Waals surface area (Å²) >= 11 is 4.95. The number of aliphatic imine (C=N–C) groups is 1. The van der Waals surface area contributed by atoms with Crippen molar-refractivity contribution >= 4 is 55.1 Å². The summed E-state index contributed by atoms with van der Waals surface area (Å²) in [6.07, 6.45) is 0. The minimum Gasteiger partial charge on any atom is -0.309 e. The molecular formula is C17H15N3OS3. The average molecular weight is 374 g/mol. The van der Waals surface area contributed by atoms with E-state index in [1.165, 1.54) is 5.56 Å². The first-order valence-corrected chi connectivity index (χ1v) is 10.3. The normalized spacial score (nSPS) is 13.8. The van der Waals surface area contributed by atoms with Gasteiger partial charge in [-0.3, -0.25) is 4.79 Å². The van der Waals surface area contributed by atoms with Crippen LogP contribution in [0.15, 0.2) is 34.1 Å². The van der Waals surface area contributed by atoms with Crippen LogP contribution >= 0.6 is 34.9 Å². The van der Waals surface area contributed by atoms with Gasteiger partial charge in [-0.2, -0.15) is 0 Å². The Kier molecular flexibility index (Phi) is 4.24. The summed E-state index contributed by atoms with van der Waals surface area (Å²) in [6, 6.07) is 8.21. The first kappa shape index (κ1) is 15.9. The van der Waals surface area contributed by atoms with Gasteiger partial charge in [0, 0.05) is 10.6 Å². The fourth-order valence-electron chi connectivity index (χ4n) is 2.58. The van der Waals surface area contributed by atoms with E-state index in [-0.39, 0.29) is 5.56 Å². The summed E-state index contributed by atoms with van der Waals surface area (Å²) in [5, 5.41) is 0.726. The van der Waals surface area contributed by atoms with Crippen LogP contribution < -0.4 is 5.56 Å². The highest BCUT2D eigenvalue weighted by Gasteiger charge is 2.15. The maximum Gasteiger partial charge on any atom is 0.259 e. The molecule has 0 aliphatic carbocycles. The number of hydrogen-bond donors (Lipinski definition) is 1. The van der Waals surface area contributed by atoms with Crippen LogP contribution in [0.4, 0.5) is 5.69 Å². The number of fused-ring (bicyclic) bond motifs is 2. The van der Waals surface area contributed by atoms with Gasteiger partial charge in [0.2, 0.25) is 0 Å². The molecular weight excluding hydrogens is 358 g/mol. The summed E-state index contributed by atoms with van der Waals surface area (Å²) in [4.78, 5) is 26.5. The van der Waals surface area contributed by atoms with Crippen LogP contribution in [0.25, 0.3) is 10.2 Å². The van der Waals surface area contributed by atoms with Gasteiger partial charge in [0.15, 0.2) is 0 Å². The third kappa shape index (κ3) is 2.92. The maximum atomic E-state index is 12.3. The number of rotatable bonds is 2. The topological polar surface area (TPSA) is 58.1 Å². The molecule has 0 amide bonds. The highest BCUT2D eigenvalue weighted by atomic mass is 32.2. The Balaban J connectivity index is 1.58. The molecule has 0 unspecified atom stereocenters. The van der Waals surface area contributed by atoms with Crippen LogP contribution in [0, 0.1) is 13.8 Å². The summed E-state index contributed by atoms with van der Waals surface area (Å²) in [5.74, 6) is 2.27. The SMILES string of the molecule is Cc1sc2nc(CSC3=Nc4ccccc4CS3)[nH]c(=O)c2c1C. The van der Waals surface area contributed by atoms with Crippen LogP contribution in [0.1, 0.15) is 21.8 Å². The third-order valence-corrected chi connectivity index (χ3v) is 7.33. The Bertz CT molecular complexity index is 1020. The first-order chi connectivity index (χ1) is 11.6. The van der Waals surface area contributed by atoms with Crippen LogP contribution in [0.2, 0.25) is 0 Å². The van der Waals surface area contributed by atoms with Gasteiger partial charge in [-0.25, -0.2) is 9.98 Å². The second-order valence-corrected chi connectivity index (χ2v) is 8.95. The van der Waals surface area contributed by atoms with Crippen molar-refractivity contribution in [2.24, 2.45) is 4.99 Å². The van der Waals surface area contributed by atoms with Gasteiger partial charge in [0.25, 0.3) is 5.56 Å². The molecule has 0 radical (unpaired) electrons. The van der Waals surface area contributed by atoms with Crippen LogP contribution in [0.3, 0.4) is 0 Å². The highest BCUT2D eigenvalue weighted by molar-refractivity contribution is 8.38. The first-order valence-electron chi connectivity index (χ1n) is 7.53. The van der Waals surface area contributed by atoms with Crippen molar-refractivity contribution in [2.45, 2.75) is 25.4 Å². The van der Waals surface area contributed by atoms with Gasteiger partial charge in [-0.15, -0.1) is 11.3 Å². The lowest BCUT2D eigenvalue weighted by Gasteiger charge is -2.13. The van der Waals surface area contributed by atoms with E-state index in [0.29, 0.717) is 11.6 Å². The van der Waals surface area contributed by atoms with Crippen molar-refractivity contribution in [3.05, 3.63) is 56.4 Å². The zero-order valence-corrected chi connectivity index (χ0v) is 15.7. The fourth-order valence-corrected chi connectivity index (χ4v) is 5.57. The standard InChI is InChI=1S/C17H15N3OS3/c1-9-10(2)24-16-14(9)15(21)19-13(20-16)8-23-17-18-12-6-4-3-5-11(12)7-22-17/h3-6H,7-8H2,1-2H3,(H,19,20,21). The number of H-pyrrole nitrogens is 1. The Morgan fingerprint density at radius 2 is 2.12 bits per heavy atom. The van der Waals surface area contributed by atoms with Crippen molar-refractivity contribution in [3.63, 3.8) is 0 Å². The van der Waals surface area contributed by atoms with Crippen molar-refractivity contribution in [1.82, 2.24) is 9.97 Å². The second kappa shape index (κ2) is 6.38. The molecule has 2 aromatic heterocycles. The van der Waals surface area contributed by atoms with Gasteiger partial charge in [-0.1, -0.05) is 41.7 Å². The Hall–Kier alpha value is -1.57. The molecule has 1 N–H and O–H groups in total. The number of nitrogens with one attached hydrogen (secondary N) is 1. The van der Waals surface area contributed by atoms with Crippen molar-refractivity contribution < 1.29 is 0 Å². The van der Waals surface area contributed by atoms with Crippen molar-refractivity contribution in [1.29, 1.82) is 0 Å². The molecule has 0 atom stereocenters. The second-order valence-electron chi connectivity index (χ2n) is 5.56. The lowest BCUT2D eigenvalue weighted by Crippen LogP contribution is -2.11. The van der Waals surface area contributed by atoms with E-state index in [1.54, 1.807) is 34.9 Å². The third-order valence-electron chi connectivity index (χ3n) is 3.97. The van der Waals surface area contributed by atoms with Gasteiger partial charge in [0.05, 0.1) is 16.8 Å². The van der Waals surface area contributed by atoms with E-state index < -0.39 is 0 Å². The lowest BCUT2D eigenvalue weighted by atomic mass is 10.2. The number of nitrogens with zero attached hydrogens (tertiary/aromatic N) is 2. The summed E-state index contributed by atoms with van der Waals surface area (Å²) in [7, 11) is 0. The smallest absolute Gasteiger partial charge is 0.259 e. The number of para-hydroxylation sites is 1. The number of hydrogen-bond acceptors (Lipinski definition) is 6. The monoisotopic (exact) mass is 373 g/mol. The van der Waals surface area contributed by atoms with E-state index in [9.17, 15) is 4.79 Å². The predicted octanol–water partition coefficient (Wildman–Crippen LogP) is 4.77. The summed E-state index contributed by atoms with van der Waals surface area (Å²) in [6.45, 7) is 4.00. The number of benzene rings is 1. The quantitative estimate of drug-likeness (QED) is 0.703. The minimum absolute atomic E-state index is 0.0407. The minimum atomic E-state index is -0.0407. The molecule has 3 heterocycles. The molecule has 122 valence electrons. The largest absolute Gasteiger partial charge is 0.309 e. The number of aromatic amines is 1. The zero-order chi connectivity index (χ0) is 16.7. The van der Waals surface area contributed by atoms with E-state index in [0.717, 1.165) is 36.5 Å². The van der Waals surface area contributed by atoms with E-state index >= 15 is 0 Å². The summed E-state index contributed by atoms with van der Waals surface area (Å²) < 4.78 is 1.02. The molecule has 4 rings (SSSR count). The molecule has 3 aromatic rings. The van der Waals surface area contributed by atoms with Crippen LogP contribution in [0.5, 0.6) is 0 Å².